The van der Waals surface area contributed by atoms with Crippen LogP contribution in [0.15, 0.2) is 12.1 Å². The summed E-state index contributed by atoms with van der Waals surface area (Å²) in [5.41, 5.74) is 4.97. The van der Waals surface area contributed by atoms with Crippen molar-refractivity contribution in [1.82, 2.24) is 4.98 Å². The van der Waals surface area contributed by atoms with Gasteiger partial charge in [-0.2, -0.15) is 13.2 Å². The average molecular weight is 309 g/mol. The number of pyridine rings is 1. The molecule has 112 valence electrons. The molecule has 0 amide bonds. The number of nitrogens with two attached hydrogens (primary N) is 1. The Morgan fingerprint density at radius 3 is 2.35 bits per heavy atom. The van der Waals surface area contributed by atoms with Crippen molar-refractivity contribution in [1.29, 1.82) is 0 Å². The number of rotatable bonds is 2. The van der Waals surface area contributed by atoms with E-state index in [4.69, 9.17) is 5.73 Å². The maximum absolute atomic E-state index is 12.7. The molecule has 2 heterocycles. The molecule has 1 aliphatic heterocycles. The van der Waals surface area contributed by atoms with Crippen molar-refractivity contribution in [2.24, 2.45) is 5.73 Å². The lowest BCUT2D eigenvalue weighted by atomic mass is 10.2. The van der Waals surface area contributed by atoms with E-state index in [1.165, 1.54) is 6.07 Å². The van der Waals surface area contributed by atoms with Gasteiger partial charge in [0.15, 0.2) is 9.84 Å². The van der Waals surface area contributed by atoms with Crippen molar-refractivity contribution >= 4 is 15.7 Å². The summed E-state index contributed by atoms with van der Waals surface area (Å²) >= 11 is 0. The first-order chi connectivity index (χ1) is 9.23. The van der Waals surface area contributed by atoms with E-state index in [-0.39, 0.29) is 37.0 Å². The Kier molecular flexibility index (Phi) is 3.92. The molecule has 0 aliphatic carbocycles. The van der Waals surface area contributed by atoms with Gasteiger partial charge >= 0.3 is 6.18 Å². The molecule has 1 saturated heterocycles. The molecule has 2 N–H and O–H groups in total. The molecule has 0 bridgehead atoms. The molecule has 0 spiro atoms. The Bertz CT molecular complexity index is 587. The molecule has 20 heavy (non-hydrogen) atoms. The summed E-state index contributed by atoms with van der Waals surface area (Å²) in [6, 6.07) is 2.17. The lowest BCUT2D eigenvalue weighted by molar-refractivity contribution is -0.141. The van der Waals surface area contributed by atoms with E-state index in [1.807, 2.05) is 0 Å². The standard InChI is InChI=1S/C11H14F3N3O2S/c12-11(13,14)9-2-1-8(7-15)10(16-9)17-3-5-20(18,19)6-4-17/h1-2H,3-7,15H2. The van der Waals surface area contributed by atoms with Gasteiger partial charge in [-0.25, -0.2) is 13.4 Å². The van der Waals surface area contributed by atoms with Gasteiger partial charge in [-0.1, -0.05) is 6.07 Å². The largest absolute Gasteiger partial charge is 0.433 e. The van der Waals surface area contributed by atoms with Crippen LogP contribution in [0.4, 0.5) is 19.0 Å². The molecule has 0 atom stereocenters. The van der Waals surface area contributed by atoms with Gasteiger partial charge < -0.3 is 10.6 Å². The second-order valence-corrected chi connectivity index (χ2v) is 6.82. The quantitative estimate of drug-likeness (QED) is 0.874. The highest BCUT2D eigenvalue weighted by Gasteiger charge is 2.34. The van der Waals surface area contributed by atoms with Crippen LogP contribution >= 0.6 is 0 Å². The van der Waals surface area contributed by atoms with Crippen LogP contribution in [0.3, 0.4) is 0 Å². The molecule has 5 nitrogen and oxygen atoms in total. The van der Waals surface area contributed by atoms with Crippen LogP contribution < -0.4 is 10.6 Å². The number of nitrogens with zero attached hydrogens (tertiary/aromatic N) is 2. The maximum Gasteiger partial charge on any atom is 0.433 e. The van der Waals surface area contributed by atoms with E-state index >= 15 is 0 Å². The summed E-state index contributed by atoms with van der Waals surface area (Å²) in [6.07, 6.45) is -4.54. The predicted molar refractivity (Wildman–Crippen MR) is 68.0 cm³/mol. The van der Waals surface area contributed by atoms with Crippen LogP contribution in [0.2, 0.25) is 0 Å². The molecular formula is C11H14F3N3O2S. The van der Waals surface area contributed by atoms with E-state index in [9.17, 15) is 21.6 Å². The van der Waals surface area contributed by atoms with Gasteiger partial charge in [0.25, 0.3) is 0 Å². The van der Waals surface area contributed by atoms with Crippen LogP contribution in [0.25, 0.3) is 0 Å². The molecule has 1 aromatic rings. The van der Waals surface area contributed by atoms with Crippen LogP contribution in [0.5, 0.6) is 0 Å². The molecule has 1 fully saturated rings. The molecule has 2 rings (SSSR count). The Hall–Kier alpha value is -1.35. The number of halogens is 3. The Balaban J connectivity index is 2.34. The fourth-order valence-electron chi connectivity index (χ4n) is 1.99. The van der Waals surface area contributed by atoms with Crippen molar-refractivity contribution in [2.75, 3.05) is 29.5 Å². The Morgan fingerprint density at radius 2 is 1.85 bits per heavy atom. The van der Waals surface area contributed by atoms with Gasteiger partial charge in [-0.3, -0.25) is 0 Å². The van der Waals surface area contributed by atoms with Crippen molar-refractivity contribution < 1.29 is 21.6 Å². The highest BCUT2D eigenvalue weighted by atomic mass is 32.2. The molecule has 0 unspecified atom stereocenters. The highest BCUT2D eigenvalue weighted by Crippen LogP contribution is 2.30. The average Bonchev–Trinajstić information content (AvgIpc) is 2.37. The number of sulfone groups is 1. The van der Waals surface area contributed by atoms with E-state index in [0.717, 1.165) is 6.07 Å². The first-order valence-electron chi connectivity index (χ1n) is 5.95. The molecule has 1 aliphatic rings. The van der Waals surface area contributed by atoms with Crippen LogP contribution in [0, 0.1) is 0 Å². The maximum atomic E-state index is 12.7. The van der Waals surface area contributed by atoms with E-state index in [1.54, 1.807) is 4.90 Å². The van der Waals surface area contributed by atoms with Gasteiger partial charge in [-0.15, -0.1) is 0 Å². The SMILES string of the molecule is NCc1ccc(C(F)(F)F)nc1N1CCS(=O)(=O)CC1. The second kappa shape index (κ2) is 5.21. The fourth-order valence-corrected chi connectivity index (χ4v) is 3.19. The first-order valence-corrected chi connectivity index (χ1v) is 7.77. The Labute approximate surface area is 114 Å². The normalized spacial score (nSPS) is 19.1. The Morgan fingerprint density at radius 1 is 1.25 bits per heavy atom. The minimum Gasteiger partial charge on any atom is -0.354 e. The zero-order chi connectivity index (χ0) is 15.0. The molecular weight excluding hydrogens is 295 g/mol. The summed E-state index contributed by atoms with van der Waals surface area (Å²) < 4.78 is 60.8. The van der Waals surface area contributed by atoms with Crippen molar-refractivity contribution in [3.8, 4) is 0 Å². The van der Waals surface area contributed by atoms with Gasteiger partial charge in [0.1, 0.15) is 11.5 Å². The summed E-state index contributed by atoms with van der Waals surface area (Å²) in [7, 11) is -3.10. The first kappa shape index (κ1) is 15.0. The van der Waals surface area contributed by atoms with Crippen LogP contribution in [-0.4, -0.2) is 38.0 Å². The minimum atomic E-state index is -4.54. The fraction of sp³-hybridized carbons (Fsp3) is 0.545. The van der Waals surface area contributed by atoms with Crippen LogP contribution in [0.1, 0.15) is 11.3 Å². The zero-order valence-corrected chi connectivity index (χ0v) is 11.3. The van der Waals surface area contributed by atoms with E-state index < -0.39 is 21.7 Å². The number of alkyl halides is 3. The molecule has 0 aromatic carbocycles. The summed E-state index contributed by atoms with van der Waals surface area (Å²) in [6.45, 7) is 0.303. The number of hydrogen-bond acceptors (Lipinski definition) is 5. The third kappa shape index (κ3) is 3.21. The lowest BCUT2D eigenvalue weighted by Gasteiger charge is -2.29. The summed E-state index contributed by atoms with van der Waals surface area (Å²) in [4.78, 5) is 5.15. The van der Waals surface area contributed by atoms with Gasteiger partial charge in [0.2, 0.25) is 0 Å². The predicted octanol–water partition coefficient (Wildman–Crippen LogP) is 0.794. The van der Waals surface area contributed by atoms with Crippen molar-refractivity contribution in [3.05, 3.63) is 23.4 Å². The summed E-state index contributed by atoms with van der Waals surface area (Å²) in [5, 5.41) is 0. The number of aromatic nitrogens is 1. The van der Waals surface area contributed by atoms with Gasteiger partial charge in [-0.05, 0) is 6.07 Å². The van der Waals surface area contributed by atoms with Gasteiger partial charge in [0, 0.05) is 25.2 Å². The smallest absolute Gasteiger partial charge is 0.354 e. The van der Waals surface area contributed by atoms with E-state index in [2.05, 4.69) is 4.98 Å². The number of hydrogen-bond donors (Lipinski definition) is 1. The molecule has 1 aromatic heterocycles. The van der Waals surface area contributed by atoms with E-state index in [0.29, 0.717) is 5.56 Å². The third-order valence-corrected chi connectivity index (χ3v) is 4.72. The van der Waals surface area contributed by atoms with Crippen molar-refractivity contribution in [3.63, 3.8) is 0 Å². The molecule has 9 heteroatoms. The molecule has 0 saturated carbocycles. The third-order valence-electron chi connectivity index (χ3n) is 3.11. The van der Waals surface area contributed by atoms with Gasteiger partial charge in [0.05, 0.1) is 11.5 Å². The lowest BCUT2D eigenvalue weighted by Crippen LogP contribution is -2.41. The zero-order valence-electron chi connectivity index (χ0n) is 10.5. The number of anilines is 1. The topological polar surface area (TPSA) is 76.3 Å². The van der Waals surface area contributed by atoms with Crippen molar-refractivity contribution in [2.45, 2.75) is 12.7 Å². The monoisotopic (exact) mass is 309 g/mol. The molecule has 0 radical (unpaired) electrons. The second-order valence-electron chi connectivity index (χ2n) is 4.52. The highest BCUT2D eigenvalue weighted by molar-refractivity contribution is 7.91. The minimum absolute atomic E-state index is 0.0454. The van der Waals surface area contributed by atoms with Crippen LogP contribution in [-0.2, 0) is 22.6 Å². The summed E-state index contributed by atoms with van der Waals surface area (Å²) in [5.74, 6) is -0.0543.